The van der Waals surface area contributed by atoms with Gasteiger partial charge in [-0.2, -0.15) is 0 Å². The Labute approximate surface area is 165 Å². The molecule has 0 radical (unpaired) electrons. The second-order valence-corrected chi connectivity index (χ2v) is 7.25. The number of anilines is 1. The van der Waals surface area contributed by atoms with Gasteiger partial charge in [-0.3, -0.25) is 19.4 Å². The average molecular weight is 379 g/mol. The topological polar surface area (TPSA) is 53.1 Å². The van der Waals surface area contributed by atoms with Gasteiger partial charge in [-0.1, -0.05) is 36.4 Å². The van der Waals surface area contributed by atoms with Gasteiger partial charge in [-0.15, -0.1) is 0 Å². The third-order valence-corrected chi connectivity index (χ3v) is 5.53. The number of methoxy groups -OCH3 is 1. The number of ether oxygens (including phenoxy) is 1. The van der Waals surface area contributed by atoms with E-state index in [1.165, 1.54) is 5.56 Å². The van der Waals surface area contributed by atoms with Crippen LogP contribution in [0.1, 0.15) is 15.9 Å². The van der Waals surface area contributed by atoms with E-state index in [4.69, 9.17) is 4.74 Å². The summed E-state index contributed by atoms with van der Waals surface area (Å²) in [5.41, 5.74) is 2.39. The highest BCUT2D eigenvalue weighted by Gasteiger charge is 2.38. The maximum atomic E-state index is 12.5. The van der Waals surface area contributed by atoms with Gasteiger partial charge in [0.05, 0.1) is 18.4 Å². The van der Waals surface area contributed by atoms with E-state index in [9.17, 15) is 9.59 Å². The molecule has 2 aromatic carbocycles. The first-order chi connectivity index (χ1) is 13.7. The molecule has 2 aliphatic heterocycles. The molecule has 0 aliphatic carbocycles. The summed E-state index contributed by atoms with van der Waals surface area (Å²) in [6.45, 7) is 6.14. The van der Waals surface area contributed by atoms with Crippen molar-refractivity contribution in [1.29, 1.82) is 0 Å². The third kappa shape index (κ3) is 3.66. The van der Waals surface area contributed by atoms with E-state index in [2.05, 4.69) is 34.1 Å². The minimum absolute atomic E-state index is 0.442. The van der Waals surface area contributed by atoms with E-state index < -0.39 is 11.7 Å². The predicted octanol–water partition coefficient (Wildman–Crippen LogP) is 2.04. The van der Waals surface area contributed by atoms with E-state index in [-0.39, 0.29) is 0 Å². The number of benzene rings is 2. The van der Waals surface area contributed by atoms with Crippen LogP contribution >= 0.6 is 0 Å². The molecule has 0 spiro atoms. The number of carbonyl (C=O) groups is 2. The Balaban J connectivity index is 1.34. The van der Waals surface area contributed by atoms with Crippen molar-refractivity contribution in [2.45, 2.75) is 6.54 Å². The molecular formula is C22H25N3O3. The van der Waals surface area contributed by atoms with Crippen molar-refractivity contribution in [3.63, 3.8) is 0 Å². The van der Waals surface area contributed by atoms with Gasteiger partial charge in [0.25, 0.3) is 11.7 Å². The number of nitrogens with zero attached hydrogens (tertiary/aromatic N) is 3. The van der Waals surface area contributed by atoms with Crippen LogP contribution in [0.25, 0.3) is 0 Å². The van der Waals surface area contributed by atoms with E-state index in [0.717, 1.165) is 39.3 Å². The van der Waals surface area contributed by atoms with Crippen LogP contribution in [0, 0.1) is 0 Å². The quantitative estimate of drug-likeness (QED) is 0.719. The molecule has 0 unspecified atom stereocenters. The van der Waals surface area contributed by atoms with Crippen LogP contribution in [0.4, 0.5) is 5.69 Å². The van der Waals surface area contributed by atoms with Crippen molar-refractivity contribution in [3.05, 3.63) is 59.7 Å². The minimum Gasteiger partial charge on any atom is -0.495 e. The lowest BCUT2D eigenvalue weighted by Crippen LogP contribution is -2.48. The van der Waals surface area contributed by atoms with Crippen molar-refractivity contribution in [3.8, 4) is 5.75 Å². The Kier molecular flexibility index (Phi) is 5.41. The predicted molar refractivity (Wildman–Crippen MR) is 108 cm³/mol. The first-order valence-corrected chi connectivity index (χ1v) is 9.69. The number of fused-ring (bicyclic) bond motifs is 1. The fraction of sp³-hybridized carbons (Fsp3) is 0.364. The highest BCUT2D eigenvalue weighted by atomic mass is 16.5. The normalized spacial score (nSPS) is 17.8. The monoisotopic (exact) mass is 379 g/mol. The molecule has 0 bridgehead atoms. The van der Waals surface area contributed by atoms with E-state index in [1.807, 2.05) is 6.07 Å². The van der Waals surface area contributed by atoms with Gasteiger partial charge < -0.3 is 9.64 Å². The van der Waals surface area contributed by atoms with Gasteiger partial charge >= 0.3 is 0 Å². The van der Waals surface area contributed by atoms with Crippen LogP contribution < -0.4 is 9.64 Å². The van der Waals surface area contributed by atoms with Crippen LogP contribution in [0.2, 0.25) is 0 Å². The smallest absolute Gasteiger partial charge is 0.299 e. The summed E-state index contributed by atoms with van der Waals surface area (Å²) in [6, 6.07) is 15.7. The summed E-state index contributed by atoms with van der Waals surface area (Å²) in [4.78, 5) is 31.1. The Morgan fingerprint density at radius 1 is 0.857 bits per heavy atom. The summed E-state index contributed by atoms with van der Waals surface area (Å²) >= 11 is 0. The lowest BCUT2D eigenvalue weighted by atomic mass is 10.1. The fourth-order valence-corrected chi connectivity index (χ4v) is 3.96. The van der Waals surface area contributed by atoms with Gasteiger partial charge in [0.1, 0.15) is 5.75 Å². The SMILES string of the molecule is COc1cccc2c1N(CCN1CCN(Cc3ccccc3)CC1)C(=O)C2=O. The molecule has 1 fully saturated rings. The maximum absolute atomic E-state index is 12.5. The van der Waals surface area contributed by atoms with Crippen molar-refractivity contribution in [1.82, 2.24) is 9.80 Å². The molecule has 0 atom stereocenters. The molecule has 2 aromatic rings. The maximum Gasteiger partial charge on any atom is 0.299 e. The van der Waals surface area contributed by atoms with Crippen LogP contribution in [-0.4, -0.2) is 67.9 Å². The van der Waals surface area contributed by atoms with Gasteiger partial charge in [-0.05, 0) is 17.7 Å². The Morgan fingerprint density at radius 2 is 1.57 bits per heavy atom. The Morgan fingerprint density at radius 3 is 2.29 bits per heavy atom. The average Bonchev–Trinajstić information content (AvgIpc) is 2.98. The molecule has 2 heterocycles. The standard InChI is InChI=1S/C22H25N3O3/c1-28-19-9-5-8-18-20(19)25(22(27)21(18)26)15-14-23-10-12-24(13-11-23)16-17-6-3-2-4-7-17/h2-9H,10-16H2,1H3. The highest BCUT2D eigenvalue weighted by Crippen LogP contribution is 2.37. The Bertz CT molecular complexity index is 861. The van der Waals surface area contributed by atoms with Crippen molar-refractivity contribution < 1.29 is 14.3 Å². The van der Waals surface area contributed by atoms with Crippen LogP contribution in [0.5, 0.6) is 5.75 Å². The molecule has 0 N–H and O–H groups in total. The lowest BCUT2D eigenvalue weighted by molar-refractivity contribution is -0.114. The summed E-state index contributed by atoms with van der Waals surface area (Å²) in [5, 5.41) is 0. The second kappa shape index (κ2) is 8.12. The van der Waals surface area contributed by atoms with E-state index in [1.54, 1.807) is 30.2 Å². The first-order valence-electron chi connectivity index (χ1n) is 9.69. The van der Waals surface area contributed by atoms with E-state index in [0.29, 0.717) is 23.5 Å². The van der Waals surface area contributed by atoms with Crippen LogP contribution in [0.15, 0.2) is 48.5 Å². The molecule has 28 heavy (non-hydrogen) atoms. The molecule has 146 valence electrons. The van der Waals surface area contributed by atoms with Gasteiger partial charge in [0, 0.05) is 45.8 Å². The second-order valence-electron chi connectivity index (χ2n) is 7.25. The zero-order chi connectivity index (χ0) is 19.5. The molecule has 2 aliphatic rings. The summed E-state index contributed by atoms with van der Waals surface area (Å²) < 4.78 is 5.38. The number of ketones is 1. The molecule has 6 nitrogen and oxygen atoms in total. The van der Waals surface area contributed by atoms with Crippen molar-refractivity contribution >= 4 is 17.4 Å². The summed E-state index contributed by atoms with van der Waals surface area (Å²) in [6.07, 6.45) is 0. The minimum atomic E-state index is -0.456. The molecule has 6 heteroatoms. The number of para-hydroxylation sites is 1. The summed E-state index contributed by atoms with van der Waals surface area (Å²) in [7, 11) is 1.56. The van der Waals surface area contributed by atoms with Crippen LogP contribution in [0.3, 0.4) is 0 Å². The lowest BCUT2D eigenvalue weighted by Gasteiger charge is -2.35. The zero-order valence-corrected chi connectivity index (χ0v) is 16.1. The zero-order valence-electron chi connectivity index (χ0n) is 16.1. The number of hydrogen-bond donors (Lipinski definition) is 0. The van der Waals surface area contributed by atoms with Gasteiger partial charge in [0.2, 0.25) is 0 Å². The third-order valence-electron chi connectivity index (χ3n) is 5.53. The molecule has 0 saturated carbocycles. The highest BCUT2D eigenvalue weighted by molar-refractivity contribution is 6.52. The van der Waals surface area contributed by atoms with Crippen LogP contribution in [-0.2, 0) is 11.3 Å². The van der Waals surface area contributed by atoms with E-state index >= 15 is 0 Å². The number of rotatable bonds is 6. The molecule has 0 aromatic heterocycles. The molecule has 4 rings (SSSR count). The number of piperazine rings is 1. The molecule has 1 saturated heterocycles. The number of carbonyl (C=O) groups excluding carboxylic acids is 2. The molecular weight excluding hydrogens is 354 g/mol. The first kappa shape index (κ1) is 18.7. The fourth-order valence-electron chi connectivity index (χ4n) is 3.96. The Hall–Kier alpha value is -2.70. The van der Waals surface area contributed by atoms with Gasteiger partial charge in [0.15, 0.2) is 0 Å². The summed E-state index contributed by atoms with van der Waals surface area (Å²) in [5.74, 6) is -0.326. The molecule has 1 amide bonds. The number of Topliss-reactive ketones (excluding diaryl/α,β-unsaturated/α-hetero) is 1. The number of hydrogen-bond acceptors (Lipinski definition) is 5. The van der Waals surface area contributed by atoms with Crippen molar-refractivity contribution in [2.75, 3.05) is 51.3 Å². The van der Waals surface area contributed by atoms with Crippen molar-refractivity contribution in [2.24, 2.45) is 0 Å². The largest absolute Gasteiger partial charge is 0.495 e. The van der Waals surface area contributed by atoms with Gasteiger partial charge in [-0.25, -0.2) is 0 Å². The number of amides is 1.